The minimum absolute atomic E-state index is 0.00495. The zero-order valence-electron chi connectivity index (χ0n) is 15.9. The van der Waals surface area contributed by atoms with Crippen molar-refractivity contribution in [3.8, 4) is 17.2 Å². The minimum Gasteiger partial charge on any atom is -0.487 e. The van der Waals surface area contributed by atoms with E-state index in [0.29, 0.717) is 19.0 Å². The van der Waals surface area contributed by atoms with Crippen LogP contribution in [0.15, 0.2) is 59.0 Å². The Bertz CT molecular complexity index is 932. The summed E-state index contributed by atoms with van der Waals surface area (Å²) in [6.07, 6.45) is -0.0276. The SMILES string of the molecule is CN(C)Cc1ccc(OC2CN(C(=O)c3nnc(-c4ccccc4)o3)C2)cc1. The molecule has 1 amide bonds. The molecule has 7 heteroatoms. The average Bonchev–Trinajstić information content (AvgIpc) is 3.16. The van der Waals surface area contributed by atoms with Crippen LogP contribution in [0.4, 0.5) is 0 Å². The summed E-state index contributed by atoms with van der Waals surface area (Å²) in [5, 5.41) is 7.85. The third kappa shape index (κ3) is 4.04. The molecule has 7 nitrogen and oxygen atoms in total. The zero-order chi connectivity index (χ0) is 19.5. The number of carbonyl (C=O) groups excluding carboxylic acids is 1. The number of aromatic nitrogens is 2. The van der Waals surface area contributed by atoms with Gasteiger partial charge in [-0.15, -0.1) is 10.2 Å². The quantitative estimate of drug-likeness (QED) is 0.657. The van der Waals surface area contributed by atoms with E-state index >= 15 is 0 Å². The van der Waals surface area contributed by atoms with Crippen molar-refractivity contribution in [1.82, 2.24) is 20.0 Å². The van der Waals surface area contributed by atoms with Crippen LogP contribution >= 0.6 is 0 Å². The Balaban J connectivity index is 1.30. The highest BCUT2D eigenvalue weighted by molar-refractivity contribution is 5.90. The lowest BCUT2D eigenvalue weighted by molar-refractivity contribution is 0.0150. The van der Waals surface area contributed by atoms with Crippen LogP contribution in [0.25, 0.3) is 11.5 Å². The lowest BCUT2D eigenvalue weighted by Gasteiger charge is -2.38. The summed E-state index contributed by atoms with van der Waals surface area (Å²) in [5.41, 5.74) is 2.02. The highest BCUT2D eigenvalue weighted by atomic mass is 16.5. The number of amides is 1. The molecule has 2 heterocycles. The molecule has 1 aliphatic heterocycles. The molecule has 3 aromatic rings. The largest absolute Gasteiger partial charge is 0.487 e. The van der Waals surface area contributed by atoms with Crippen LogP contribution in [-0.4, -0.2) is 59.2 Å². The van der Waals surface area contributed by atoms with Gasteiger partial charge in [-0.3, -0.25) is 4.79 Å². The number of likely N-dealkylation sites (tertiary alicyclic amines) is 1. The molecule has 1 fully saturated rings. The van der Waals surface area contributed by atoms with Crippen molar-refractivity contribution in [2.24, 2.45) is 0 Å². The lowest BCUT2D eigenvalue weighted by atomic mass is 10.1. The summed E-state index contributed by atoms with van der Waals surface area (Å²) < 4.78 is 11.5. The van der Waals surface area contributed by atoms with E-state index in [0.717, 1.165) is 17.9 Å². The maximum Gasteiger partial charge on any atom is 0.311 e. The lowest BCUT2D eigenvalue weighted by Crippen LogP contribution is -2.56. The maximum absolute atomic E-state index is 12.5. The number of hydrogen-bond acceptors (Lipinski definition) is 6. The topological polar surface area (TPSA) is 71.7 Å². The summed E-state index contributed by atoms with van der Waals surface area (Å²) in [6, 6.07) is 17.4. The van der Waals surface area contributed by atoms with E-state index in [1.54, 1.807) is 4.90 Å². The van der Waals surface area contributed by atoms with Gasteiger partial charge in [0.15, 0.2) is 0 Å². The molecular formula is C21H22N4O3. The molecule has 0 spiro atoms. The normalized spacial score (nSPS) is 14.2. The van der Waals surface area contributed by atoms with Gasteiger partial charge in [-0.25, -0.2) is 0 Å². The standard InChI is InChI=1S/C21H22N4O3/c1-24(2)12-15-8-10-17(11-9-15)27-18-13-25(14-18)21(26)20-23-22-19(28-20)16-6-4-3-5-7-16/h3-11,18H,12-14H2,1-2H3. The highest BCUT2D eigenvalue weighted by Gasteiger charge is 2.35. The summed E-state index contributed by atoms with van der Waals surface area (Å²) in [6.45, 7) is 1.89. The Morgan fingerprint density at radius 1 is 1.11 bits per heavy atom. The van der Waals surface area contributed by atoms with Crippen molar-refractivity contribution in [3.05, 3.63) is 66.1 Å². The van der Waals surface area contributed by atoms with Crippen LogP contribution in [0.3, 0.4) is 0 Å². The van der Waals surface area contributed by atoms with Crippen LogP contribution in [-0.2, 0) is 6.54 Å². The van der Waals surface area contributed by atoms with E-state index < -0.39 is 0 Å². The molecule has 2 aromatic carbocycles. The van der Waals surface area contributed by atoms with Crippen molar-refractivity contribution < 1.29 is 13.9 Å². The first-order valence-electron chi connectivity index (χ1n) is 9.17. The van der Waals surface area contributed by atoms with Crippen molar-refractivity contribution in [2.75, 3.05) is 27.2 Å². The smallest absolute Gasteiger partial charge is 0.311 e. The summed E-state index contributed by atoms with van der Waals surface area (Å²) in [5.74, 6) is 0.889. The van der Waals surface area contributed by atoms with Gasteiger partial charge < -0.3 is 19.0 Å². The minimum atomic E-state index is -0.268. The van der Waals surface area contributed by atoms with E-state index in [2.05, 4.69) is 27.2 Å². The molecule has 0 saturated carbocycles. The van der Waals surface area contributed by atoms with Crippen LogP contribution in [0, 0.1) is 0 Å². The predicted octanol–water partition coefficient (Wildman–Crippen LogP) is 2.70. The van der Waals surface area contributed by atoms with Gasteiger partial charge >= 0.3 is 11.8 Å². The zero-order valence-corrected chi connectivity index (χ0v) is 15.9. The Morgan fingerprint density at radius 3 is 2.50 bits per heavy atom. The Morgan fingerprint density at radius 2 is 1.82 bits per heavy atom. The van der Waals surface area contributed by atoms with Gasteiger partial charge in [-0.1, -0.05) is 30.3 Å². The van der Waals surface area contributed by atoms with Crippen molar-refractivity contribution in [2.45, 2.75) is 12.6 Å². The first-order chi connectivity index (χ1) is 13.6. The van der Waals surface area contributed by atoms with Crippen LogP contribution < -0.4 is 4.74 Å². The fraction of sp³-hybridized carbons (Fsp3) is 0.286. The molecule has 0 aliphatic carbocycles. The Hall–Kier alpha value is -3.19. The molecule has 4 rings (SSSR count). The maximum atomic E-state index is 12.5. The van der Waals surface area contributed by atoms with Crippen LogP contribution in [0.1, 0.15) is 16.2 Å². The second-order valence-electron chi connectivity index (χ2n) is 7.11. The average molecular weight is 378 g/mol. The first kappa shape index (κ1) is 18.2. The monoisotopic (exact) mass is 378 g/mol. The van der Waals surface area contributed by atoms with Gasteiger partial charge in [-0.2, -0.15) is 0 Å². The van der Waals surface area contributed by atoms with Crippen molar-refractivity contribution in [1.29, 1.82) is 0 Å². The van der Waals surface area contributed by atoms with Gasteiger partial charge in [-0.05, 0) is 43.9 Å². The van der Waals surface area contributed by atoms with E-state index in [1.165, 1.54) is 5.56 Å². The molecule has 1 saturated heterocycles. The summed E-state index contributed by atoms with van der Waals surface area (Å²) in [7, 11) is 4.08. The number of benzene rings is 2. The summed E-state index contributed by atoms with van der Waals surface area (Å²) >= 11 is 0. The van der Waals surface area contributed by atoms with Crippen molar-refractivity contribution >= 4 is 5.91 Å². The van der Waals surface area contributed by atoms with Crippen molar-refractivity contribution in [3.63, 3.8) is 0 Å². The molecule has 0 radical (unpaired) electrons. The summed E-state index contributed by atoms with van der Waals surface area (Å²) in [4.78, 5) is 16.2. The molecule has 1 aliphatic rings. The number of nitrogens with zero attached hydrogens (tertiary/aromatic N) is 4. The van der Waals surface area contributed by atoms with Gasteiger partial charge in [0.2, 0.25) is 5.89 Å². The fourth-order valence-corrected chi connectivity index (χ4v) is 3.05. The van der Waals surface area contributed by atoms with E-state index in [-0.39, 0.29) is 17.9 Å². The first-order valence-corrected chi connectivity index (χ1v) is 9.17. The Kier molecular flexibility index (Phi) is 5.08. The number of hydrogen-bond donors (Lipinski definition) is 0. The molecule has 0 atom stereocenters. The van der Waals surface area contributed by atoms with Gasteiger partial charge in [0.1, 0.15) is 11.9 Å². The third-order valence-electron chi connectivity index (χ3n) is 4.49. The molecule has 1 aromatic heterocycles. The molecule has 144 valence electrons. The van der Waals surface area contributed by atoms with Gasteiger partial charge in [0, 0.05) is 12.1 Å². The van der Waals surface area contributed by atoms with Gasteiger partial charge in [0.05, 0.1) is 13.1 Å². The van der Waals surface area contributed by atoms with Gasteiger partial charge in [0.25, 0.3) is 0 Å². The predicted molar refractivity (Wildman–Crippen MR) is 104 cm³/mol. The fourth-order valence-electron chi connectivity index (χ4n) is 3.05. The number of rotatable bonds is 6. The number of carbonyl (C=O) groups is 1. The molecule has 28 heavy (non-hydrogen) atoms. The molecule has 0 unspecified atom stereocenters. The second-order valence-corrected chi connectivity index (χ2v) is 7.11. The second kappa shape index (κ2) is 7.82. The highest BCUT2D eigenvalue weighted by Crippen LogP contribution is 2.22. The van der Waals surface area contributed by atoms with E-state index in [1.807, 2.05) is 56.6 Å². The Labute approximate surface area is 163 Å². The van der Waals surface area contributed by atoms with Crippen LogP contribution in [0.5, 0.6) is 5.75 Å². The molecular weight excluding hydrogens is 356 g/mol. The van der Waals surface area contributed by atoms with E-state index in [9.17, 15) is 4.79 Å². The molecule has 0 N–H and O–H groups in total. The van der Waals surface area contributed by atoms with E-state index in [4.69, 9.17) is 9.15 Å². The molecule has 0 bridgehead atoms. The van der Waals surface area contributed by atoms with Crippen LogP contribution in [0.2, 0.25) is 0 Å². The number of ether oxygens (including phenoxy) is 1. The third-order valence-corrected chi connectivity index (χ3v) is 4.49.